The Labute approximate surface area is 128 Å². The highest BCUT2D eigenvalue weighted by molar-refractivity contribution is 4.65. The molecular formula is C19H40O. The van der Waals surface area contributed by atoms with Gasteiger partial charge in [-0.25, -0.2) is 0 Å². The molecule has 0 fully saturated rings. The molecule has 0 rings (SSSR count). The predicted octanol–water partition coefficient (Wildman–Crippen LogP) is 6.48. The van der Waals surface area contributed by atoms with E-state index in [1.165, 1.54) is 89.9 Å². The van der Waals surface area contributed by atoms with Gasteiger partial charge in [-0.15, -0.1) is 0 Å². The Bertz CT molecular complexity index is 177. The summed E-state index contributed by atoms with van der Waals surface area (Å²) in [4.78, 5) is 0. The summed E-state index contributed by atoms with van der Waals surface area (Å²) in [5, 5.41) is 9.87. The number of aliphatic hydroxyl groups excluding tert-OH is 1. The quantitative estimate of drug-likeness (QED) is 0.341. The lowest BCUT2D eigenvalue weighted by Crippen LogP contribution is -2.16. The Kier molecular flexibility index (Phi) is 15.3. The lowest BCUT2D eigenvalue weighted by molar-refractivity contribution is 0.111. The molecule has 0 radical (unpaired) electrons. The first-order valence-corrected chi connectivity index (χ1v) is 9.40. The molecular weight excluding hydrogens is 244 g/mol. The third kappa shape index (κ3) is 13.0. The summed E-state index contributed by atoms with van der Waals surface area (Å²) in [5.41, 5.74) is 0. The largest absolute Gasteiger partial charge is 0.393 e. The van der Waals surface area contributed by atoms with Gasteiger partial charge in [0.2, 0.25) is 0 Å². The third-order valence-corrected chi connectivity index (χ3v) is 4.54. The van der Waals surface area contributed by atoms with Crippen molar-refractivity contribution in [1.29, 1.82) is 0 Å². The minimum absolute atomic E-state index is 0.110. The van der Waals surface area contributed by atoms with Crippen LogP contribution < -0.4 is 0 Å². The fourth-order valence-corrected chi connectivity index (χ4v) is 3.00. The van der Waals surface area contributed by atoms with Gasteiger partial charge in [0.1, 0.15) is 0 Å². The second kappa shape index (κ2) is 15.4. The highest BCUT2D eigenvalue weighted by Gasteiger charge is 2.13. The van der Waals surface area contributed by atoms with E-state index in [1.807, 2.05) is 6.92 Å². The number of rotatable bonds is 15. The summed E-state index contributed by atoms with van der Waals surface area (Å²) >= 11 is 0. The second-order valence-electron chi connectivity index (χ2n) is 6.61. The van der Waals surface area contributed by atoms with E-state index in [9.17, 15) is 5.11 Å². The molecule has 0 aromatic heterocycles. The molecule has 1 heteroatoms. The lowest BCUT2D eigenvalue weighted by Gasteiger charge is -2.19. The van der Waals surface area contributed by atoms with Crippen molar-refractivity contribution in [2.24, 2.45) is 5.92 Å². The molecule has 0 aliphatic carbocycles. The SMILES string of the molecule is CCCCCCCCCCC(CCCCCC)C(C)O. The number of unbranched alkanes of at least 4 members (excludes halogenated alkanes) is 10. The molecule has 0 saturated heterocycles. The Morgan fingerprint density at radius 1 is 0.600 bits per heavy atom. The van der Waals surface area contributed by atoms with Crippen LogP contribution in [0, 0.1) is 5.92 Å². The second-order valence-corrected chi connectivity index (χ2v) is 6.61. The van der Waals surface area contributed by atoms with Crippen molar-refractivity contribution in [3.8, 4) is 0 Å². The van der Waals surface area contributed by atoms with Crippen LogP contribution in [-0.2, 0) is 0 Å². The number of hydrogen-bond donors (Lipinski definition) is 1. The monoisotopic (exact) mass is 284 g/mol. The van der Waals surface area contributed by atoms with E-state index < -0.39 is 0 Å². The van der Waals surface area contributed by atoms with Crippen molar-refractivity contribution >= 4 is 0 Å². The van der Waals surface area contributed by atoms with Crippen LogP contribution in [0.1, 0.15) is 111 Å². The number of aliphatic hydroxyl groups is 1. The fourth-order valence-electron chi connectivity index (χ4n) is 3.00. The van der Waals surface area contributed by atoms with Gasteiger partial charge in [-0.1, -0.05) is 90.9 Å². The maximum atomic E-state index is 9.87. The minimum Gasteiger partial charge on any atom is -0.393 e. The van der Waals surface area contributed by atoms with E-state index in [2.05, 4.69) is 13.8 Å². The smallest absolute Gasteiger partial charge is 0.0540 e. The molecule has 0 amide bonds. The molecule has 0 saturated carbocycles. The molecule has 0 aliphatic heterocycles. The van der Waals surface area contributed by atoms with E-state index in [4.69, 9.17) is 0 Å². The van der Waals surface area contributed by atoms with Gasteiger partial charge in [-0.2, -0.15) is 0 Å². The van der Waals surface area contributed by atoms with Crippen LogP contribution >= 0.6 is 0 Å². The lowest BCUT2D eigenvalue weighted by atomic mass is 9.90. The van der Waals surface area contributed by atoms with Crippen molar-refractivity contribution in [1.82, 2.24) is 0 Å². The van der Waals surface area contributed by atoms with Crippen LogP contribution in [0.2, 0.25) is 0 Å². The zero-order chi connectivity index (χ0) is 15.1. The van der Waals surface area contributed by atoms with Crippen molar-refractivity contribution < 1.29 is 5.11 Å². The van der Waals surface area contributed by atoms with Crippen molar-refractivity contribution in [2.45, 2.75) is 117 Å². The molecule has 0 heterocycles. The molecule has 1 nitrogen and oxygen atoms in total. The Morgan fingerprint density at radius 3 is 1.35 bits per heavy atom. The molecule has 0 aromatic rings. The van der Waals surface area contributed by atoms with Gasteiger partial charge < -0.3 is 5.11 Å². The molecule has 0 aliphatic rings. The molecule has 1 N–H and O–H groups in total. The van der Waals surface area contributed by atoms with Gasteiger partial charge in [0, 0.05) is 0 Å². The van der Waals surface area contributed by atoms with Crippen molar-refractivity contribution in [2.75, 3.05) is 0 Å². The van der Waals surface area contributed by atoms with Gasteiger partial charge >= 0.3 is 0 Å². The molecule has 0 aromatic carbocycles. The van der Waals surface area contributed by atoms with Crippen LogP contribution in [0.15, 0.2) is 0 Å². The van der Waals surface area contributed by atoms with E-state index in [-0.39, 0.29) is 6.10 Å². The molecule has 20 heavy (non-hydrogen) atoms. The number of hydrogen-bond acceptors (Lipinski definition) is 1. The van der Waals surface area contributed by atoms with Crippen LogP contribution in [0.3, 0.4) is 0 Å². The summed E-state index contributed by atoms with van der Waals surface area (Å²) in [6.45, 7) is 6.51. The highest BCUT2D eigenvalue weighted by atomic mass is 16.3. The van der Waals surface area contributed by atoms with Crippen LogP contribution in [0.25, 0.3) is 0 Å². The first kappa shape index (κ1) is 20.0. The van der Waals surface area contributed by atoms with Gasteiger partial charge in [0.25, 0.3) is 0 Å². The zero-order valence-electron chi connectivity index (χ0n) is 14.5. The van der Waals surface area contributed by atoms with Gasteiger partial charge in [-0.05, 0) is 25.7 Å². The molecule has 122 valence electrons. The van der Waals surface area contributed by atoms with Crippen LogP contribution in [0.5, 0.6) is 0 Å². The molecule has 2 atom stereocenters. The van der Waals surface area contributed by atoms with Gasteiger partial charge in [0.05, 0.1) is 6.10 Å². The van der Waals surface area contributed by atoms with Crippen LogP contribution in [-0.4, -0.2) is 11.2 Å². The Balaban J connectivity index is 3.46. The molecule has 2 unspecified atom stereocenters. The molecule has 0 bridgehead atoms. The standard InChI is InChI=1S/C19H40O/c1-4-6-8-10-11-12-13-15-17-19(18(3)20)16-14-9-7-5-2/h18-20H,4-17H2,1-3H3. The first-order valence-electron chi connectivity index (χ1n) is 9.40. The fraction of sp³-hybridized carbons (Fsp3) is 1.00. The third-order valence-electron chi connectivity index (χ3n) is 4.54. The normalized spacial score (nSPS) is 14.4. The average molecular weight is 285 g/mol. The summed E-state index contributed by atoms with van der Waals surface area (Å²) in [6, 6.07) is 0. The average Bonchev–Trinajstić information content (AvgIpc) is 2.43. The predicted molar refractivity (Wildman–Crippen MR) is 91.2 cm³/mol. The minimum atomic E-state index is -0.110. The Hall–Kier alpha value is -0.0400. The van der Waals surface area contributed by atoms with Crippen LogP contribution in [0.4, 0.5) is 0 Å². The van der Waals surface area contributed by atoms with Crippen molar-refractivity contribution in [3.63, 3.8) is 0 Å². The van der Waals surface area contributed by atoms with Gasteiger partial charge in [-0.3, -0.25) is 0 Å². The molecule has 0 spiro atoms. The summed E-state index contributed by atoms with van der Waals surface area (Å²) in [6.07, 6.45) is 18.7. The topological polar surface area (TPSA) is 20.2 Å². The van der Waals surface area contributed by atoms with E-state index >= 15 is 0 Å². The Morgan fingerprint density at radius 2 is 0.950 bits per heavy atom. The highest BCUT2D eigenvalue weighted by Crippen LogP contribution is 2.21. The van der Waals surface area contributed by atoms with E-state index in [0.717, 1.165) is 0 Å². The maximum Gasteiger partial charge on any atom is 0.0540 e. The maximum absolute atomic E-state index is 9.87. The summed E-state index contributed by atoms with van der Waals surface area (Å²) in [7, 11) is 0. The first-order chi connectivity index (χ1) is 9.72. The van der Waals surface area contributed by atoms with E-state index in [0.29, 0.717) is 5.92 Å². The van der Waals surface area contributed by atoms with Crippen molar-refractivity contribution in [3.05, 3.63) is 0 Å². The van der Waals surface area contributed by atoms with E-state index in [1.54, 1.807) is 0 Å². The summed E-state index contributed by atoms with van der Waals surface area (Å²) in [5.74, 6) is 0.548. The zero-order valence-corrected chi connectivity index (χ0v) is 14.5. The van der Waals surface area contributed by atoms with Gasteiger partial charge in [0.15, 0.2) is 0 Å². The summed E-state index contributed by atoms with van der Waals surface area (Å²) < 4.78 is 0.